The lowest BCUT2D eigenvalue weighted by Crippen LogP contribution is -2.42. The van der Waals surface area contributed by atoms with E-state index in [1.165, 1.54) is 6.08 Å². The first-order valence-electron chi connectivity index (χ1n) is 13.1. The van der Waals surface area contributed by atoms with Crippen molar-refractivity contribution < 1.29 is 29.3 Å². The van der Waals surface area contributed by atoms with Crippen molar-refractivity contribution in [3.8, 4) is 0 Å². The smallest absolute Gasteiger partial charge is 0.259 e. The molecule has 4 N–H and O–H groups in total. The molecule has 6 aliphatic rings. The van der Waals surface area contributed by atoms with Gasteiger partial charge in [0.1, 0.15) is 17.4 Å². The van der Waals surface area contributed by atoms with Gasteiger partial charge in [-0.3, -0.25) is 14.4 Å². The number of fused-ring (bicyclic) bond motifs is 9. The topological polar surface area (TPSA) is 128 Å². The van der Waals surface area contributed by atoms with Gasteiger partial charge in [0.2, 0.25) is 5.91 Å². The van der Waals surface area contributed by atoms with Crippen molar-refractivity contribution in [2.45, 2.75) is 63.4 Å². The second-order valence-electron chi connectivity index (χ2n) is 11.4. The SMILES string of the molecule is C[C@H]1[C@@H]2O[C@@H]2[C@@H]2C[C@H]3[C@H](CC[C@@H]4C=CC(O)=C5C(=O)NC(C5=O)C(O)CCNC(=O)C=CC[C@@H]34)[C@H]12. The van der Waals surface area contributed by atoms with Crippen molar-refractivity contribution in [1.82, 2.24) is 10.6 Å². The molecule has 6 rings (SSSR count). The van der Waals surface area contributed by atoms with Crippen molar-refractivity contribution in [2.24, 2.45) is 41.4 Å². The van der Waals surface area contributed by atoms with Crippen LogP contribution in [0.3, 0.4) is 0 Å². The van der Waals surface area contributed by atoms with Crippen LogP contribution < -0.4 is 10.6 Å². The van der Waals surface area contributed by atoms with Crippen LogP contribution in [0.2, 0.25) is 0 Å². The number of amides is 2. The Morgan fingerprint density at radius 3 is 2.66 bits per heavy atom. The maximum absolute atomic E-state index is 12.8. The van der Waals surface area contributed by atoms with Crippen molar-refractivity contribution in [2.75, 3.05) is 6.54 Å². The lowest BCUT2D eigenvalue weighted by Gasteiger charge is -2.41. The zero-order valence-electron chi connectivity index (χ0n) is 19.9. The standard InChI is InChI=1S/C27H34N2O6/c1-12-21-15-7-5-13-6-8-18(30)22-24(33)23(29-27(22)34)19(31)9-10-28-20(32)4-2-3-14(13)16(15)11-17(21)26-25(12)35-26/h2,4,6,8,12-17,19,21,23,25-26,30-31H,3,5,7,9-11H2,1H3,(H,28,32)(H,29,34)/t12-,13-,14-,15+,16-,17-,19?,21+,23?,25+,26-/m1/s1. The molecule has 3 aliphatic carbocycles. The maximum Gasteiger partial charge on any atom is 0.259 e. The van der Waals surface area contributed by atoms with E-state index in [4.69, 9.17) is 4.74 Å². The predicted octanol–water partition coefficient (Wildman–Crippen LogP) is 1.56. The van der Waals surface area contributed by atoms with Gasteiger partial charge in [-0.1, -0.05) is 19.1 Å². The average molecular weight is 483 g/mol. The van der Waals surface area contributed by atoms with Crippen LogP contribution in [-0.4, -0.2) is 58.7 Å². The highest BCUT2D eigenvalue weighted by molar-refractivity contribution is 6.27. The molecule has 0 radical (unpaired) electrons. The Bertz CT molecular complexity index is 1030. The fraction of sp³-hybridized carbons (Fsp3) is 0.667. The molecule has 0 aromatic heterocycles. The van der Waals surface area contributed by atoms with Crippen LogP contribution in [0, 0.1) is 41.4 Å². The van der Waals surface area contributed by atoms with E-state index in [9.17, 15) is 24.6 Å². The Hall–Kier alpha value is -2.45. The van der Waals surface area contributed by atoms with Gasteiger partial charge in [-0.05, 0) is 85.7 Å². The summed E-state index contributed by atoms with van der Waals surface area (Å²) in [6.45, 7) is 2.51. The summed E-state index contributed by atoms with van der Waals surface area (Å²) in [4.78, 5) is 37.6. The number of carbonyl (C=O) groups is 3. The normalized spacial score (nSPS) is 47.0. The highest BCUT2D eigenvalue weighted by Crippen LogP contribution is 2.65. The minimum atomic E-state index is -1.16. The van der Waals surface area contributed by atoms with Crippen molar-refractivity contribution in [3.63, 3.8) is 0 Å². The molecule has 2 bridgehead atoms. The lowest BCUT2D eigenvalue weighted by molar-refractivity contribution is -0.118. The third-order valence-corrected chi connectivity index (χ3v) is 9.73. The number of epoxide rings is 1. The quantitative estimate of drug-likeness (QED) is 0.306. The molecule has 2 saturated heterocycles. The van der Waals surface area contributed by atoms with E-state index in [1.54, 1.807) is 6.08 Å². The second kappa shape index (κ2) is 8.59. The van der Waals surface area contributed by atoms with E-state index in [-0.39, 0.29) is 36.1 Å². The molecule has 3 aliphatic heterocycles. The number of ketones is 1. The summed E-state index contributed by atoms with van der Waals surface area (Å²) in [6, 6.07) is -1.12. The maximum atomic E-state index is 12.8. The lowest BCUT2D eigenvalue weighted by atomic mass is 9.64. The fourth-order valence-corrected chi connectivity index (χ4v) is 8.17. The van der Waals surface area contributed by atoms with E-state index in [0.29, 0.717) is 47.7 Å². The van der Waals surface area contributed by atoms with Gasteiger partial charge in [-0.25, -0.2) is 0 Å². The average Bonchev–Trinajstić information content (AvgIpc) is 3.33. The van der Waals surface area contributed by atoms with Crippen molar-refractivity contribution in [3.05, 3.63) is 35.6 Å². The number of hydrogen-bond acceptors (Lipinski definition) is 6. The third kappa shape index (κ3) is 3.76. The first-order valence-corrected chi connectivity index (χ1v) is 13.1. The monoisotopic (exact) mass is 482 g/mol. The van der Waals surface area contributed by atoms with Crippen LogP contribution in [0.4, 0.5) is 0 Å². The molecule has 3 saturated carbocycles. The third-order valence-electron chi connectivity index (χ3n) is 9.73. The molecule has 0 aromatic rings. The van der Waals surface area contributed by atoms with Gasteiger partial charge in [0, 0.05) is 6.54 Å². The number of carbonyl (C=O) groups excluding carboxylic acids is 3. The Kier molecular flexibility index (Phi) is 5.64. The number of hydrogen-bond donors (Lipinski definition) is 4. The van der Waals surface area contributed by atoms with E-state index >= 15 is 0 Å². The highest BCUT2D eigenvalue weighted by atomic mass is 16.6. The summed E-state index contributed by atoms with van der Waals surface area (Å²) in [5, 5.41) is 26.3. The minimum Gasteiger partial charge on any atom is -0.507 e. The summed E-state index contributed by atoms with van der Waals surface area (Å²) in [5.41, 5.74) is -0.298. The van der Waals surface area contributed by atoms with Crippen LogP contribution in [0.1, 0.15) is 39.0 Å². The zero-order chi connectivity index (χ0) is 24.4. The van der Waals surface area contributed by atoms with Crippen LogP contribution >= 0.6 is 0 Å². The number of Topliss-reactive ketones (excluding diaryl/α,β-unsaturated/α-hetero) is 1. The van der Waals surface area contributed by atoms with Gasteiger partial charge in [0.25, 0.3) is 5.91 Å². The fourth-order valence-electron chi connectivity index (χ4n) is 8.17. The van der Waals surface area contributed by atoms with Gasteiger partial charge < -0.3 is 25.6 Å². The Morgan fingerprint density at radius 2 is 1.83 bits per heavy atom. The molecule has 8 heteroatoms. The molecule has 2 amide bonds. The van der Waals surface area contributed by atoms with E-state index < -0.39 is 23.8 Å². The molecule has 0 aromatic carbocycles. The summed E-state index contributed by atoms with van der Waals surface area (Å²) in [6.07, 6.45) is 10.8. The molecule has 2 unspecified atom stereocenters. The number of rotatable bonds is 0. The second-order valence-corrected chi connectivity index (χ2v) is 11.4. The molecule has 11 atom stereocenters. The summed E-state index contributed by atoms with van der Waals surface area (Å²) >= 11 is 0. The first kappa shape index (κ1) is 23.0. The molecular weight excluding hydrogens is 448 g/mol. The molecule has 3 heterocycles. The molecule has 8 nitrogen and oxygen atoms in total. The van der Waals surface area contributed by atoms with Gasteiger partial charge in [0.15, 0.2) is 5.78 Å². The van der Waals surface area contributed by atoms with E-state index in [2.05, 4.69) is 17.6 Å². The minimum absolute atomic E-state index is 0.111. The van der Waals surface area contributed by atoms with Crippen LogP contribution in [-0.2, 0) is 19.1 Å². The summed E-state index contributed by atoms with van der Waals surface area (Å²) in [5.74, 6) is 1.75. The van der Waals surface area contributed by atoms with E-state index in [0.717, 1.165) is 25.7 Å². The highest BCUT2D eigenvalue weighted by Gasteiger charge is 2.66. The molecular formula is C27H34N2O6. The Morgan fingerprint density at radius 1 is 1.00 bits per heavy atom. The largest absolute Gasteiger partial charge is 0.507 e. The summed E-state index contributed by atoms with van der Waals surface area (Å²) in [7, 11) is 0. The van der Waals surface area contributed by atoms with Gasteiger partial charge in [0.05, 0.1) is 18.3 Å². The molecule has 5 fully saturated rings. The van der Waals surface area contributed by atoms with Crippen molar-refractivity contribution >= 4 is 17.6 Å². The molecule has 0 spiro atoms. The molecule has 188 valence electrons. The van der Waals surface area contributed by atoms with Crippen LogP contribution in [0.25, 0.3) is 0 Å². The number of aliphatic hydroxyl groups excluding tert-OH is 2. The van der Waals surface area contributed by atoms with Crippen LogP contribution in [0.15, 0.2) is 35.6 Å². The number of allylic oxidation sites excluding steroid dienone is 3. The zero-order valence-corrected chi connectivity index (χ0v) is 19.9. The van der Waals surface area contributed by atoms with Gasteiger partial charge in [-0.15, -0.1) is 0 Å². The Balaban J connectivity index is 1.30. The summed E-state index contributed by atoms with van der Waals surface area (Å²) < 4.78 is 5.96. The van der Waals surface area contributed by atoms with Crippen molar-refractivity contribution in [1.29, 1.82) is 0 Å². The first-order chi connectivity index (χ1) is 16.8. The van der Waals surface area contributed by atoms with E-state index in [1.807, 2.05) is 12.2 Å². The Labute approximate surface area is 204 Å². The predicted molar refractivity (Wildman–Crippen MR) is 126 cm³/mol. The number of nitrogens with one attached hydrogen (secondary N) is 2. The molecule has 35 heavy (non-hydrogen) atoms. The number of aliphatic hydroxyl groups is 2. The van der Waals surface area contributed by atoms with Crippen LogP contribution in [0.5, 0.6) is 0 Å². The van der Waals surface area contributed by atoms with Gasteiger partial charge in [-0.2, -0.15) is 0 Å². The number of ether oxygens (including phenoxy) is 1. The van der Waals surface area contributed by atoms with Gasteiger partial charge >= 0.3 is 0 Å².